The van der Waals surface area contributed by atoms with E-state index in [1.54, 1.807) is 6.26 Å². The molecule has 2 aliphatic heterocycles. The number of hydrogen-bond acceptors (Lipinski definition) is 4. The van der Waals surface area contributed by atoms with Crippen molar-refractivity contribution in [3.63, 3.8) is 0 Å². The van der Waals surface area contributed by atoms with E-state index in [4.69, 9.17) is 4.42 Å². The zero-order valence-electron chi connectivity index (χ0n) is 15.5. The number of furan rings is 1. The first-order valence-electron chi connectivity index (χ1n) is 9.24. The molecule has 138 valence electrons. The Hall–Kier alpha value is -1.82. The predicted octanol–water partition coefficient (Wildman–Crippen LogP) is 1.82. The van der Waals surface area contributed by atoms with Crippen LogP contribution in [0.1, 0.15) is 33.0 Å². The van der Waals surface area contributed by atoms with E-state index in [1.807, 2.05) is 42.7 Å². The molecule has 1 atom stereocenters. The van der Waals surface area contributed by atoms with Crippen LogP contribution < -0.4 is 0 Å². The van der Waals surface area contributed by atoms with Crippen molar-refractivity contribution in [3.05, 3.63) is 24.2 Å². The van der Waals surface area contributed by atoms with Gasteiger partial charge in [-0.15, -0.1) is 0 Å². The van der Waals surface area contributed by atoms with Crippen LogP contribution in [0.2, 0.25) is 0 Å². The molecule has 0 bridgehead atoms. The summed E-state index contributed by atoms with van der Waals surface area (Å²) in [5.41, 5.74) is -0.180. The molecule has 2 fully saturated rings. The third kappa shape index (κ3) is 3.89. The fourth-order valence-electron chi connectivity index (χ4n) is 4.14. The van der Waals surface area contributed by atoms with E-state index in [9.17, 15) is 9.59 Å². The van der Waals surface area contributed by atoms with Crippen LogP contribution in [0.3, 0.4) is 0 Å². The molecule has 0 N–H and O–H groups in total. The average molecular weight is 347 g/mol. The van der Waals surface area contributed by atoms with E-state index in [1.165, 1.54) is 0 Å². The first-order valence-corrected chi connectivity index (χ1v) is 9.24. The summed E-state index contributed by atoms with van der Waals surface area (Å²) in [4.78, 5) is 31.3. The first-order chi connectivity index (χ1) is 11.9. The Bertz CT molecular complexity index is 613. The summed E-state index contributed by atoms with van der Waals surface area (Å²) in [6.45, 7) is 11.1. The maximum absolute atomic E-state index is 12.6. The highest BCUT2D eigenvalue weighted by atomic mass is 16.3. The van der Waals surface area contributed by atoms with E-state index in [0.29, 0.717) is 19.5 Å². The van der Waals surface area contributed by atoms with Crippen LogP contribution in [0, 0.1) is 11.3 Å². The third-order valence-corrected chi connectivity index (χ3v) is 5.32. The van der Waals surface area contributed by atoms with Gasteiger partial charge in [-0.2, -0.15) is 0 Å². The maximum atomic E-state index is 12.6. The normalized spacial score (nSPS) is 25.2. The summed E-state index contributed by atoms with van der Waals surface area (Å²) in [7, 11) is 0. The van der Waals surface area contributed by atoms with Gasteiger partial charge in [0.1, 0.15) is 5.76 Å². The lowest BCUT2D eigenvalue weighted by molar-refractivity contribution is -0.135. The molecule has 0 unspecified atom stereocenters. The van der Waals surface area contributed by atoms with Gasteiger partial charge in [0.05, 0.1) is 12.8 Å². The lowest BCUT2D eigenvalue weighted by atomic mass is 9.85. The zero-order valence-corrected chi connectivity index (χ0v) is 15.5. The number of hydrogen-bond donors (Lipinski definition) is 0. The molecule has 25 heavy (non-hydrogen) atoms. The topological polar surface area (TPSA) is 57.0 Å². The smallest absolute Gasteiger partial charge is 0.225 e. The van der Waals surface area contributed by atoms with Crippen molar-refractivity contribution in [1.29, 1.82) is 0 Å². The molecule has 6 heteroatoms. The molecular formula is C19H29N3O3. The van der Waals surface area contributed by atoms with Crippen LogP contribution in [0.5, 0.6) is 0 Å². The molecule has 3 heterocycles. The van der Waals surface area contributed by atoms with Crippen molar-refractivity contribution in [2.75, 3.05) is 39.3 Å². The number of carbonyl (C=O) groups excluding carboxylic acids is 2. The van der Waals surface area contributed by atoms with Gasteiger partial charge in [-0.1, -0.05) is 13.8 Å². The van der Waals surface area contributed by atoms with Crippen LogP contribution in [-0.2, 0) is 16.1 Å². The molecule has 2 saturated heterocycles. The van der Waals surface area contributed by atoms with Crippen molar-refractivity contribution in [1.82, 2.24) is 14.7 Å². The number of amides is 2. The summed E-state index contributed by atoms with van der Waals surface area (Å²) in [6, 6.07) is 3.88. The van der Waals surface area contributed by atoms with Gasteiger partial charge in [-0.05, 0) is 19.1 Å². The summed E-state index contributed by atoms with van der Waals surface area (Å²) in [6.07, 6.45) is 2.22. The average Bonchev–Trinajstić information content (AvgIpc) is 3.13. The molecule has 0 saturated carbocycles. The highest BCUT2D eigenvalue weighted by Gasteiger charge is 2.46. The minimum Gasteiger partial charge on any atom is -0.468 e. The van der Waals surface area contributed by atoms with Crippen molar-refractivity contribution in [2.45, 2.75) is 33.7 Å². The lowest BCUT2D eigenvalue weighted by Crippen LogP contribution is -2.45. The second-order valence-electron chi connectivity index (χ2n) is 7.79. The molecule has 0 aromatic carbocycles. The minimum absolute atomic E-state index is 0.0203. The zero-order chi connectivity index (χ0) is 18.0. The third-order valence-electron chi connectivity index (χ3n) is 5.32. The monoisotopic (exact) mass is 347 g/mol. The Labute approximate surface area is 149 Å². The van der Waals surface area contributed by atoms with Gasteiger partial charge >= 0.3 is 0 Å². The predicted molar refractivity (Wildman–Crippen MR) is 94.7 cm³/mol. The number of carbonyl (C=O) groups is 2. The van der Waals surface area contributed by atoms with Gasteiger partial charge in [0, 0.05) is 57.0 Å². The van der Waals surface area contributed by atoms with Gasteiger partial charge in [0.15, 0.2) is 0 Å². The molecule has 3 rings (SSSR count). The van der Waals surface area contributed by atoms with Crippen molar-refractivity contribution in [2.24, 2.45) is 11.3 Å². The van der Waals surface area contributed by atoms with E-state index >= 15 is 0 Å². The number of likely N-dealkylation sites (tertiary alicyclic amines) is 1. The van der Waals surface area contributed by atoms with E-state index in [0.717, 1.165) is 38.5 Å². The largest absolute Gasteiger partial charge is 0.468 e. The minimum atomic E-state index is -0.180. The molecular weight excluding hydrogens is 318 g/mol. The first kappa shape index (κ1) is 18.0. The van der Waals surface area contributed by atoms with Gasteiger partial charge in [0.25, 0.3) is 0 Å². The number of rotatable bonds is 4. The van der Waals surface area contributed by atoms with Gasteiger partial charge < -0.3 is 14.2 Å². The Morgan fingerprint density at radius 3 is 2.68 bits per heavy atom. The van der Waals surface area contributed by atoms with Crippen molar-refractivity contribution in [3.8, 4) is 0 Å². The molecule has 6 nitrogen and oxygen atoms in total. The Morgan fingerprint density at radius 2 is 2.08 bits per heavy atom. The van der Waals surface area contributed by atoms with Crippen LogP contribution >= 0.6 is 0 Å². The van der Waals surface area contributed by atoms with Crippen LogP contribution in [-0.4, -0.2) is 65.8 Å². The highest BCUT2D eigenvalue weighted by molar-refractivity contribution is 5.81. The van der Waals surface area contributed by atoms with E-state index < -0.39 is 0 Å². The molecule has 1 aromatic rings. The highest BCUT2D eigenvalue weighted by Crippen LogP contribution is 2.35. The van der Waals surface area contributed by atoms with E-state index in [-0.39, 0.29) is 23.1 Å². The SMILES string of the molecule is CCN1C[C@]2(CC1=O)CN(Cc1ccco1)CCN(C(=O)C(C)C)C2. The fraction of sp³-hybridized carbons (Fsp3) is 0.684. The quantitative estimate of drug-likeness (QED) is 0.834. The van der Waals surface area contributed by atoms with Crippen LogP contribution in [0.15, 0.2) is 22.8 Å². The van der Waals surface area contributed by atoms with E-state index in [2.05, 4.69) is 4.90 Å². The van der Waals surface area contributed by atoms with Gasteiger partial charge in [-0.3, -0.25) is 14.5 Å². The lowest BCUT2D eigenvalue weighted by Gasteiger charge is -2.34. The summed E-state index contributed by atoms with van der Waals surface area (Å²) >= 11 is 0. The standard InChI is InChI=1S/C19H29N3O3/c1-4-21-13-19(10-17(21)23)12-20(11-16-6-5-9-25-16)7-8-22(14-19)18(24)15(2)3/h5-6,9,15H,4,7-8,10-14H2,1-3H3/t19-/m0/s1. The van der Waals surface area contributed by atoms with Gasteiger partial charge in [0.2, 0.25) is 11.8 Å². The molecule has 1 spiro atoms. The van der Waals surface area contributed by atoms with Gasteiger partial charge in [-0.25, -0.2) is 0 Å². The van der Waals surface area contributed by atoms with Crippen molar-refractivity contribution < 1.29 is 14.0 Å². The Balaban J connectivity index is 1.82. The summed E-state index contributed by atoms with van der Waals surface area (Å²) in [5.74, 6) is 1.30. The molecule has 2 aliphatic rings. The Morgan fingerprint density at radius 1 is 1.28 bits per heavy atom. The van der Waals surface area contributed by atoms with Crippen LogP contribution in [0.4, 0.5) is 0 Å². The van der Waals surface area contributed by atoms with Crippen molar-refractivity contribution >= 4 is 11.8 Å². The number of nitrogens with zero attached hydrogens (tertiary/aromatic N) is 3. The Kier molecular flexibility index (Phi) is 5.18. The molecule has 2 amide bonds. The second kappa shape index (κ2) is 7.20. The molecule has 1 aromatic heterocycles. The second-order valence-corrected chi connectivity index (χ2v) is 7.79. The molecule has 0 aliphatic carbocycles. The van der Waals surface area contributed by atoms with Crippen LogP contribution in [0.25, 0.3) is 0 Å². The molecule has 0 radical (unpaired) electrons. The maximum Gasteiger partial charge on any atom is 0.225 e. The summed E-state index contributed by atoms with van der Waals surface area (Å²) in [5, 5.41) is 0. The summed E-state index contributed by atoms with van der Waals surface area (Å²) < 4.78 is 5.50. The fourth-order valence-corrected chi connectivity index (χ4v) is 4.14.